The lowest BCUT2D eigenvalue weighted by Gasteiger charge is -2.14. The Labute approximate surface area is 201 Å². The van der Waals surface area contributed by atoms with Crippen LogP contribution in [0, 0.1) is 0 Å². The molecule has 0 radical (unpaired) electrons. The molecule has 0 fully saturated rings. The number of amides is 1. The predicted octanol–water partition coefficient (Wildman–Crippen LogP) is 4.32. The SMILES string of the molecule is CCCNC(=O)c1ccccc1N=Cc1c(O)n(-c2ccc3c(c2)OCO3)c(=O)c2ccccc12. The summed E-state index contributed by atoms with van der Waals surface area (Å²) in [7, 11) is 0. The Morgan fingerprint density at radius 3 is 2.63 bits per heavy atom. The van der Waals surface area contributed by atoms with Gasteiger partial charge >= 0.3 is 0 Å². The fourth-order valence-corrected chi connectivity index (χ4v) is 4.00. The van der Waals surface area contributed by atoms with Crippen LogP contribution in [0.3, 0.4) is 0 Å². The van der Waals surface area contributed by atoms with Crippen molar-refractivity contribution in [2.75, 3.05) is 13.3 Å². The van der Waals surface area contributed by atoms with Gasteiger partial charge in [0.25, 0.3) is 11.5 Å². The minimum absolute atomic E-state index is 0.0978. The van der Waals surface area contributed by atoms with E-state index < -0.39 is 0 Å². The van der Waals surface area contributed by atoms with Crippen LogP contribution in [0.15, 0.2) is 76.5 Å². The number of nitrogens with zero attached hydrogens (tertiary/aromatic N) is 2. The lowest BCUT2D eigenvalue weighted by Crippen LogP contribution is -2.24. The Balaban J connectivity index is 1.65. The molecular weight excluding hydrogens is 446 g/mol. The maximum atomic E-state index is 13.4. The van der Waals surface area contributed by atoms with Gasteiger partial charge in [-0.1, -0.05) is 37.3 Å². The molecule has 2 N–H and O–H groups in total. The molecule has 8 nitrogen and oxygen atoms in total. The zero-order valence-corrected chi connectivity index (χ0v) is 19.0. The molecule has 3 aromatic carbocycles. The van der Waals surface area contributed by atoms with E-state index in [0.29, 0.717) is 51.3 Å². The van der Waals surface area contributed by atoms with E-state index in [4.69, 9.17) is 9.47 Å². The van der Waals surface area contributed by atoms with E-state index in [0.717, 1.165) is 6.42 Å². The number of ether oxygens (including phenoxy) is 2. The fourth-order valence-electron chi connectivity index (χ4n) is 4.00. The zero-order chi connectivity index (χ0) is 24.4. The Hall–Kier alpha value is -4.59. The van der Waals surface area contributed by atoms with Gasteiger partial charge in [-0.3, -0.25) is 14.6 Å². The molecule has 0 atom stereocenters. The summed E-state index contributed by atoms with van der Waals surface area (Å²) in [6, 6.07) is 19.0. The molecule has 1 aliphatic rings. The van der Waals surface area contributed by atoms with Gasteiger partial charge in [0.05, 0.1) is 22.5 Å². The summed E-state index contributed by atoms with van der Waals surface area (Å²) in [6.45, 7) is 2.64. The molecule has 2 heterocycles. The first-order chi connectivity index (χ1) is 17.1. The Morgan fingerprint density at radius 1 is 1.06 bits per heavy atom. The molecule has 5 rings (SSSR count). The van der Waals surface area contributed by atoms with Gasteiger partial charge in [0.2, 0.25) is 12.7 Å². The maximum Gasteiger partial charge on any atom is 0.265 e. The van der Waals surface area contributed by atoms with Crippen LogP contribution in [0.4, 0.5) is 5.69 Å². The maximum absolute atomic E-state index is 13.4. The van der Waals surface area contributed by atoms with E-state index in [-0.39, 0.29) is 24.1 Å². The van der Waals surface area contributed by atoms with E-state index in [9.17, 15) is 14.7 Å². The summed E-state index contributed by atoms with van der Waals surface area (Å²) in [5.74, 6) is 0.564. The van der Waals surface area contributed by atoms with E-state index in [1.807, 2.05) is 6.92 Å². The highest BCUT2D eigenvalue weighted by molar-refractivity contribution is 6.04. The molecular formula is C27H23N3O5. The number of aromatic nitrogens is 1. The van der Waals surface area contributed by atoms with Gasteiger partial charge in [-0.05, 0) is 36.8 Å². The summed E-state index contributed by atoms with van der Waals surface area (Å²) in [6.07, 6.45) is 2.30. The second-order valence-corrected chi connectivity index (χ2v) is 7.99. The van der Waals surface area contributed by atoms with Crippen molar-refractivity contribution in [3.63, 3.8) is 0 Å². The van der Waals surface area contributed by atoms with Crippen LogP contribution >= 0.6 is 0 Å². The number of carbonyl (C=O) groups is 1. The van der Waals surface area contributed by atoms with Gasteiger partial charge in [-0.15, -0.1) is 0 Å². The summed E-state index contributed by atoms with van der Waals surface area (Å²) in [5, 5.41) is 15.1. The molecule has 0 saturated heterocycles. The van der Waals surface area contributed by atoms with Crippen LogP contribution in [-0.4, -0.2) is 35.1 Å². The van der Waals surface area contributed by atoms with Gasteiger partial charge in [0, 0.05) is 29.6 Å². The van der Waals surface area contributed by atoms with Crippen molar-refractivity contribution in [3.05, 3.63) is 88.2 Å². The fraction of sp³-hybridized carbons (Fsp3) is 0.148. The van der Waals surface area contributed by atoms with Gasteiger partial charge < -0.3 is 19.9 Å². The van der Waals surface area contributed by atoms with Crippen LogP contribution in [0.25, 0.3) is 16.5 Å². The highest BCUT2D eigenvalue weighted by Gasteiger charge is 2.20. The number of carbonyl (C=O) groups excluding carboxylic acids is 1. The molecule has 176 valence electrons. The van der Waals surface area contributed by atoms with Crippen LogP contribution in [0.1, 0.15) is 29.3 Å². The number of aromatic hydroxyl groups is 1. The average Bonchev–Trinajstić information content (AvgIpc) is 3.35. The Kier molecular flexibility index (Phi) is 5.93. The van der Waals surface area contributed by atoms with Crippen LogP contribution in [-0.2, 0) is 0 Å². The van der Waals surface area contributed by atoms with Crippen molar-refractivity contribution >= 4 is 28.6 Å². The first-order valence-electron chi connectivity index (χ1n) is 11.3. The largest absolute Gasteiger partial charge is 0.494 e. The molecule has 8 heteroatoms. The average molecular weight is 469 g/mol. The van der Waals surface area contributed by atoms with E-state index in [1.54, 1.807) is 66.7 Å². The van der Waals surface area contributed by atoms with Crippen molar-refractivity contribution < 1.29 is 19.4 Å². The molecule has 1 amide bonds. The van der Waals surface area contributed by atoms with Crippen molar-refractivity contribution in [3.8, 4) is 23.1 Å². The van der Waals surface area contributed by atoms with Gasteiger partial charge in [0.15, 0.2) is 11.5 Å². The topological polar surface area (TPSA) is 102 Å². The zero-order valence-electron chi connectivity index (χ0n) is 19.0. The summed E-state index contributed by atoms with van der Waals surface area (Å²) in [4.78, 5) is 30.5. The van der Waals surface area contributed by atoms with Crippen molar-refractivity contribution in [1.82, 2.24) is 9.88 Å². The van der Waals surface area contributed by atoms with Gasteiger partial charge in [-0.2, -0.15) is 0 Å². The lowest BCUT2D eigenvalue weighted by molar-refractivity contribution is 0.0954. The molecule has 1 aromatic heterocycles. The number of para-hydroxylation sites is 1. The number of pyridine rings is 1. The minimum Gasteiger partial charge on any atom is -0.494 e. The highest BCUT2D eigenvalue weighted by atomic mass is 16.7. The third-order valence-electron chi connectivity index (χ3n) is 5.73. The number of rotatable bonds is 6. The normalized spacial score (nSPS) is 12.4. The van der Waals surface area contributed by atoms with Gasteiger partial charge in [-0.25, -0.2) is 4.57 Å². The van der Waals surface area contributed by atoms with Crippen LogP contribution in [0.2, 0.25) is 0 Å². The quantitative estimate of drug-likeness (QED) is 0.410. The molecule has 0 aliphatic carbocycles. The Morgan fingerprint density at radius 2 is 1.80 bits per heavy atom. The first-order valence-corrected chi connectivity index (χ1v) is 11.3. The van der Waals surface area contributed by atoms with Crippen LogP contribution in [0.5, 0.6) is 17.4 Å². The molecule has 0 spiro atoms. The minimum atomic E-state index is -0.381. The number of hydrogen-bond donors (Lipinski definition) is 2. The number of benzene rings is 3. The molecule has 0 unspecified atom stereocenters. The van der Waals surface area contributed by atoms with E-state index >= 15 is 0 Å². The number of hydrogen-bond acceptors (Lipinski definition) is 6. The third-order valence-corrected chi connectivity index (χ3v) is 5.73. The number of aliphatic imine (C=N–C) groups is 1. The predicted molar refractivity (Wildman–Crippen MR) is 134 cm³/mol. The van der Waals surface area contributed by atoms with E-state index in [1.165, 1.54) is 10.8 Å². The molecule has 1 aliphatic heterocycles. The number of fused-ring (bicyclic) bond motifs is 2. The highest BCUT2D eigenvalue weighted by Crippen LogP contribution is 2.35. The molecule has 35 heavy (non-hydrogen) atoms. The second kappa shape index (κ2) is 9.34. The molecule has 0 bridgehead atoms. The summed E-state index contributed by atoms with van der Waals surface area (Å²) >= 11 is 0. The third kappa shape index (κ3) is 4.10. The lowest BCUT2D eigenvalue weighted by atomic mass is 10.1. The van der Waals surface area contributed by atoms with Crippen molar-refractivity contribution in [1.29, 1.82) is 0 Å². The Bertz CT molecular complexity index is 1520. The summed E-state index contributed by atoms with van der Waals surface area (Å²) < 4.78 is 12.0. The van der Waals surface area contributed by atoms with E-state index in [2.05, 4.69) is 10.3 Å². The standard InChI is InChI=1S/C27H23N3O5/c1-2-13-28-25(31)20-9-5-6-10-22(20)29-15-21-18-7-3-4-8-19(18)26(32)30(27(21)33)17-11-12-23-24(14-17)35-16-34-23/h3-12,14-15,33H,2,13,16H2,1H3,(H,28,31). The monoisotopic (exact) mass is 469 g/mol. The smallest absolute Gasteiger partial charge is 0.265 e. The number of nitrogens with one attached hydrogen (secondary N) is 1. The van der Waals surface area contributed by atoms with Crippen LogP contribution < -0.4 is 20.3 Å². The van der Waals surface area contributed by atoms with Crippen molar-refractivity contribution in [2.24, 2.45) is 4.99 Å². The summed E-state index contributed by atoms with van der Waals surface area (Å²) in [5.41, 5.74) is 1.27. The van der Waals surface area contributed by atoms with Crippen molar-refractivity contribution in [2.45, 2.75) is 13.3 Å². The second-order valence-electron chi connectivity index (χ2n) is 7.99. The van der Waals surface area contributed by atoms with Gasteiger partial charge in [0.1, 0.15) is 0 Å². The molecule has 4 aromatic rings. The molecule has 0 saturated carbocycles. The first kappa shape index (κ1) is 22.2.